The molecule has 0 amide bonds. The lowest BCUT2D eigenvalue weighted by molar-refractivity contribution is 0.108. The number of halogens is 1. The summed E-state index contributed by atoms with van der Waals surface area (Å²) in [5.74, 6) is 0.609. The molecule has 0 saturated carbocycles. The standard InChI is InChI=1S/C14H13BrN2O2/c1-8-2-3-9(11(15)6-8)13-16-12-4-5-19-7-10(12)14(18)17-13/h2-3,6H,4-5,7H2,1H3,(H,16,17,18). The van der Waals surface area contributed by atoms with E-state index in [4.69, 9.17) is 4.74 Å². The minimum atomic E-state index is -0.104. The topological polar surface area (TPSA) is 55.0 Å². The zero-order valence-corrected chi connectivity index (χ0v) is 12.1. The molecule has 5 heteroatoms. The van der Waals surface area contributed by atoms with Crippen LogP contribution in [0.1, 0.15) is 16.8 Å². The second-order valence-electron chi connectivity index (χ2n) is 4.63. The Morgan fingerprint density at radius 2 is 2.26 bits per heavy atom. The molecule has 1 aromatic heterocycles. The minimum Gasteiger partial charge on any atom is -0.376 e. The van der Waals surface area contributed by atoms with Gasteiger partial charge in [0.2, 0.25) is 0 Å². The molecule has 0 bridgehead atoms. The first-order chi connectivity index (χ1) is 9.15. The Morgan fingerprint density at radius 1 is 1.42 bits per heavy atom. The Morgan fingerprint density at radius 3 is 3.05 bits per heavy atom. The molecule has 1 aromatic carbocycles. The van der Waals surface area contributed by atoms with Crippen molar-refractivity contribution in [3.63, 3.8) is 0 Å². The molecule has 0 fully saturated rings. The maximum absolute atomic E-state index is 12.0. The molecule has 0 atom stereocenters. The van der Waals surface area contributed by atoms with Gasteiger partial charge in [0.15, 0.2) is 0 Å². The highest BCUT2D eigenvalue weighted by Gasteiger charge is 2.17. The van der Waals surface area contributed by atoms with Crippen molar-refractivity contribution < 1.29 is 4.74 Å². The van der Waals surface area contributed by atoms with E-state index in [1.54, 1.807) is 0 Å². The van der Waals surface area contributed by atoms with E-state index >= 15 is 0 Å². The minimum absolute atomic E-state index is 0.104. The summed E-state index contributed by atoms with van der Waals surface area (Å²) in [6, 6.07) is 5.98. The fourth-order valence-electron chi connectivity index (χ4n) is 2.18. The van der Waals surface area contributed by atoms with Gasteiger partial charge in [0.25, 0.3) is 5.56 Å². The van der Waals surface area contributed by atoms with E-state index in [0.717, 1.165) is 21.3 Å². The summed E-state index contributed by atoms with van der Waals surface area (Å²) in [5.41, 5.74) is 3.45. The van der Waals surface area contributed by atoms with Crippen molar-refractivity contribution in [2.75, 3.05) is 6.61 Å². The lowest BCUT2D eigenvalue weighted by atomic mass is 10.1. The number of rotatable bonds is 1. The molecule has 3 rings (SSSR count). The van der Waals surface area contributed by atoms with Gasteiger partial charge in [-0.3, -0.25) is 4.79 Å². The number of hydrogen-bond donors (Lipinski definition) is 1. The predicted octanol–water partition coefficient (Wildman–Crippen LogP) is 2.58. The second-order valence-corrected chi connectivity index (χ2v) is 5.48. The number of aryl methyl sites for hydroxylation is 1. The van der Waals surface area contributed by atoms with Crippen molar-refractivity contribution in [3.05, 3.63) is 49.8 Å². The van der Waals surface area contributed by atoms with Crippen LogP contribution in [0.15, 0.2) is 27.5 Å². The molecule has 4 nitrogen and oxygen atoms in total. The third-order valence-electron chi connectivity index (χ3n) is 3.21. The van der Waals surface area contributed by atoms with Gasteiger partial charge in [0, 0.05) is 16.5 Å². The molecule has 1 aliphatic rings. The fraction of sp³-hybridized carbons (Fsp3) is 0.286. The molecule has 2 heterocycles. The number of hydrogen-bond acceptors (Lipinski definition) is 3. The van der Waals surface area contributed by atoms with E-state index < -0.39 is 0 Å². The number of nitrogens with one attached hydrogen (secondary N) is 1. The highest BCUT2D eigenvalue weighted by molar-refractivity contribution is 9.10. The molecule has 0 unspecified atom stereocenters. The van der Waals surface area contributed by atoms with Crippen molar-refractivity contribution in [2.24, 2.45) is 0 Å². The van der Waals surface area contributed by atoms with Gasteiger partial charge in [-0.25, -0.2) is 4.98 Å². The van der Waals surface area contributed by atoms with E-state index in [2.05, 4.69) is 25.9 Å². The Bertz CT molecular complexity index is 694. The lowest BCUT2D eigenvalue weighted by Gasteiger charge is -2.15. The Kier molecular flexibility index (Phi) is 3.24. The molecule has 0 radical (unpaired) electrons. The Hall–Kier alpha value is -1.46. The van der Waals surface area contributed by atoms with E-state index in [0.29, 0.717) is 31.0 Å². The van der Waals surface area contributed by atoms with Crippen LogP contribution in [0.5, 0.6) is 0 Å². The van der Waals surface area contributed by atoms with E-state index in [1.807, 2.05) is 25.1 Å². The first kappa shape index (κ1) is 12.6. The Balaban J connectivity index is 2.15. The molecule has 0 saturated heterocycles. The number of nitrogens with zero attached hydrogens (tertiary/aromatic N) is 1. The van der Waals surface area contributed by atoms with E-state index in [1.165, 1.54) is 0 Å². The van der Waals surface area contributed by atoms with Gasteiger partial charge < -0.3 is 9.72 Å². The maximum atomic E-state index is 12.0. The van der Waals surface area contributed by atoms with Crippen LogP contribution in [-0.2, 0) is 17.8 Å². The zero-order chi connectivity index (χ0) is 13.4. The molecule has 19 heavy (non-hydrogen) atoms. The molecular weight excluding hydrogens is 308 g/mol. The number of ether oxygens (including phenoxy) is 1. The SMILES string of the molecule is Cc1ccc(-c2nc3c(c(=O)[nH]2)COCC3)c(Br)c1. The van der Waals surface area contributed by atoms with Gasteiger partial charge in [0.1, 0.15) is 5.82 Å². The smallest absolute Gasteiger partial charge is 0.256 e. The van der Waals surface area contributed by atoms with Crippen LogP contribution in [0.25, 0.3) is 11.4 Å². The zero-order valence-electron chi connectivity index (χ0n) is 10.5. The summed E-state index contributed by atoms with van der Waals surface area (Å²) < 4.78 is 6.23. The first-order valence-electron chi connectivity index (χ1n) is 6.11. The Labute approximate surface area is 119 Å². The van der Waals surface area contributed by atoms with Crippen LogP contribution < -0.4 is 5.56 Å². The van der Waals surface area contributed by atoms with Crippen LogP contribution in [0.4, 0.5) is 0 Å². The quantitative estimate of drug-likeness (QED) is 0.878. The number of fused-ring (bicyclic) bond motifs is 1. The molecule has 2 aromatic rings. The van der Waals surface area contributed by atoms with E-state index in [-0.39, 0.29) is 5.56 Å². The van der Waals surface area contributed by atoms with Crippen LogP contribution in [0.3, 0.4) is 0 Å². The van der Waals surface area contributed by atoms with Crippen molar-refractivity contribution in [1.29, 1.82) is 0 Å². The maximum Gasteiger partial charge on any atom is 0.256 e. The monoisotopic (exact) mass is 320 g/mol. The summed E-state index contributed by atoms with van der Waals surface area (Å²) in [5, 5.41) is 0. The summed E-state index contributed by atoms with van der Waals surface area (Å²) in [4.78, 5) is 19.5. The summed E-state index contributed by atoms with van der Waals surface area (Å²) >= 11 is 3.52. The number of aromatic amines is 1. The fourth-order valence-corrected chi connectivity index (χ4v) is 2.86. The molecular formula is C14H13BrN2O2. The largest absolute Gasteiger partial charge is 0.376 e. The highest BCUT2D eigenvalue weighted by atomic mass is 79.9. The number of H-pyrrole nitrogens is 1. The van der Waals surface area contributed by atoms with Crippen LogP contribution >= 0.6 is 15.9 Å². The third kappa shape index (κ3) is 2.35. The lowest BCUT2D eigenvalue weighted by Crippen LogP contribution is -2.24. The van der Waals surface area contributed by atoms with Crippen LogP contribution in [-0.4, -0.2) is 16.6 Å². The average molecular weight is 321 g/mol. The van der Waals surface area contributed by atoms with E-state index in [9.17, 15) is 4.79 Å². The van der Waals surface area contributed by atoms with Crippen molar-refractivity contribution in [3.8, 4) is 11.4 Å². The molecule has 1 aliphatic heterocycles. The first-order valence-corrected chi connectivity index (χ1v) is 6.91. The van der Waals surface area contributed by atoms with Crippen LogP contribution in [0, 0.1) is 6.92 Å². The third-order valence-corrected chi connectivity index (χ3v) is 3.87. The molecule has 0 spiro atoms. The van der Waals surface area contributed by atoms with Crippen LogP contribution in [0.2, 0.25) is 0 Å². The van der Waals surface area contributed by atoms with Gasteiger partial charge in [-0.1, -0.05) is 22.0 Å². The van der Waals surface area contributed by atoms with Gasteiger partial charge in [0.05, 0.1) is 24.5 Å². The highest BCUT2D eigenvalue weighted by Crippen LogP contribution is 2.26. The second kappa shape index (κ2) is 4.90. The predicted molar refractivity (Wildman–Crippen MR) is 76.1 cm³/mol. The van der Waals surface area contributed by atoms with Crippen molar-refractivity contribution >= 4 is 15.9 Å². The van der Waals surface area contributed by atoms with Gasteiger partial charge in [-0.15, -0.1) is 0 Å². The average Bonchev–Trinajstić information content (AvgIpc) is 2.38. The summed E-state index contributed by atoms with van der Waals surface area (Å²) in [6.45, 7) is 3.00. The van der Waals surface area contributed by atoms with Gasteiger partial charge >= 0.3 is 0 Å². The summed E-state index contributed by atoms with van der Waals surface area (Å²) in [6.07, 6.45) is 0.690. The molecule has 0 aliphatic carbocycles. The number of benzene rings is 1. The number of aromatic nitrogens is 2. The van der Waals surface area contributed by atoms with Crippen molar-refractivity contribution in [2.45, 2.75) is 20.0 Å². The van der Waals surface area contributed by atoms with Gasteiger partial charge in [-0.05, 0) is 24.6 Å². The van der Waals surface area contributed by atoms with Crippen molar-refractivity contribution in [1.82, 2.24) is 9.97 Å². The summed E-state index contributed by atoms with van der Waals surface area (Å²) in [7, 11) is 0. The van der Waals surface area contributed by atoms with Gasteiger partial charge in [-0.2, -0.15) is 0 Å². The normalized spacial score (nSPS) is 14.2. The molecule has 98 valence electrons. The molecule has 1 N–H and O–H groups in total.